The highest BCUT2D eigenvalue weighted by molar-refractivity contribution is 6.29. The minimum absolute atomic E-state index is 0.0137. The summed E-state index contributed by atoms with van der Waals surface area (Å²) in [6.45, 7) is 0. The Morgan fingerprint density at radius 1 is 1.36 bits per heavy atom. The second kappa shape index (κ2) is 6.05. The number of hydrazine groups is 1. The van der Waals surface area contributed by atoms with Crippen LogP contribution in [0.25, 0.3) is 0 Å². The number of halogens is 1. The Hall–Kier alpha value is -2.58. The van der Waals surface area contributed by atoms with Gasteiger partial charge in [0.2, 0.25) is 5.91 Å². The molecule has 1 aromatic carbocycles. The number of nitrogens with one attached hydrogen (secondary N) is 2. The molecule has 0 radical (unpaired) electrons. The zero-order valence-electron chi connectivity index (χ0n) is 13.6. The molecule has 1 heterocycles. The number of aryl methyl sites for hydroxylation is 1. The maximum Gasteiger partial charge on any atom is 0.242 e. The first-order valence-corrected chi connectivity index (χ1v) is 8.72. The molecule has 0 bridgehead atoms. The van der Waals surface area contributed by atoms with E-state index in [-0.39, 0.29) is 22.4 Å². The fraction of sp³-hybridized carbons (Fsp3) is 0.316. The van der Waals surface area contributed by atoms with Crippen molar-refractivity contribution in [2.45, 2.75) is 31.1 Å². The SMILES string of the molecule is N#Cc1cc(Cl)nc(NNC(=O)[C@H]2C[C@]23CCCc2ccccc23)c1. The Balaban J connectivity index is 1.46. The van der Waals surface area contributed by atoms with Crippen molar-refractivity contribution in [1.82, 2.24) is 10.4 Å². The van der Waals surface area contributed by atoms with Crippen molar-refractivity contribution in [3.63, 3.8) is 0 Å². The number of carbonyl (C=O) groups excluding carboxylic acids is 1. The number of aromatic nitrogens is 1. The number of hydrogen-bond donors (Lipinski definition) is 2. The zero-order valence-corrected chi connectivity index (χ0v) is 14.3. The molecule has 2 aromatic rings. The van der Waals surface area contributed by atoms with Crippen LogP contribution in [0.2, 0.25) is 5.15 Å². The van der Waals surface area contributed by atoms with Gasteiger partial charge in [0.25, 0.3) is 0 Å². The molecule has 126 valence electrons. The predicted octanol–water partition coefficient (Wildman–Crippen LogP) is 3.34. The van der Waals surface area contributed by atoms with Gasteiger partial charge in [-0.15, -0.1) is 0 Å². The van der Waals surface area contributed by atoms with Crippen molar-refractivity contribution >= 4 is 23.3 Å². The van der Waals surface area contributed by atoms with Crippen LogP contribution in [0, 0.1) is 17.2 Å². The summed E-state index contributed by atoms with van der Waals surface area (Å²) in [5, 5.41) is 9.18. The lowest BCUT2D eigenvalue weighted by Crippen LogP contribution is -2.34. The van der Waals surface area contributed by atoms with Crippen LogP contribution in [-0.4, -0.2) is 10.9 Å². The standard InChI is InChI=1S/C19H17ClN4O/c20-16-8-12(11-21)9-17(22-16)23-24-18(25)15-10-19(15)7-3-5-13-4-1-2-6-14(13)19/h1-2,4,6,8-9,15H,3,5,7,10H2,(H,22,23)(H,24,25)/t15-,19+/m1/s1. The van der Waals surface area contributed by atoms with Gasteiger partial charge in [-0.2, -0.15) is 5.26 Å². The monoisotopic (exact) mass is 352 g/mol. The molecule has 0 aliphatic heterocycles. The van der Waals surface area contributed by atoms with Gasteiger partial charge in [-0.3, -0.25) is 15.6 Å². The van der Waals surface area contributed by atoms with Gasteiger partial charge >= 0.3 is 0 Å². The Bertz CT molecular complexity index is 891. The highest BCUT2D eigenvalue weighted by Gasteiger charge is 2.60. The highest BCUT2D eigenvalue weighted by Crippen LogP contribution is 2.60. The minimum Gasteiger partial charge on any atom is -0.282 e. The molecule has 4 rings (SSSR count). The molecule has 0 unspecified atom stereocenters. The molecular weight excluding hydrogens is 336 g/mol. The Labute approximate surface area is 151 Å². The van der Waals surface area contributed by atoms with Crippen LogP contribution in [-0.2, 0) is 16.6 Å². The van der Waals surface area contributed by atoms with Crippen molar-refractivity contribution in [3.05, 3.63) is 58.2 Å². The van der Waals surface area contributed by atoms with E-state index < -0.39 is 0 Å². The third kappa shape index (κ3) is 2.83. The summed E-state index contributed by atoms with van der Waals surface area (Å²) in [5.74, 6) is 0.282. The van der Waals surface area contributed by atoms with Gasteiger partial charge in [0, 0.05) is 11.5 Å². The number of rotatable bonds is 3. The molecule has 2 N–H and O–H groups in total. The van der Waals surface area contributed by atoms with E-state index >= 15 is 0 Å². The Kier molecular flexibility index (Phi) is 3.85. The molecule has 1 amide bonds. The lowest BCUT2D eigenvalue weighted by molar-refractivity contribution is -0.122. The number of nitrogens with zero attached hydrogens (tertiary/aromatic N) is 2. The van der Waals surface area contributed by atoms with Gasteiger partial charge in [-0.25, -0.2) is 4.98 Å². The Morgan fingerprint density at radius 2 is 2.20 bits per heavy atom. The summed E-state index contributed by atoms with van der Waals surface area (Å²) in [7, 11) is 0. The van der Waals surface area contributed by atoms with E-state index in [9.17, 15) is 4.79 Å². The maximum absolute atomic E-state index is 12.6. The molecule has 1 saturated carbocycles. The molecule has 2 aliphatic carbocycles. The van der Waals surface area contributed by atoms with Crippen molar-refractivity contribution in [1.29, 1.82) is 5.26 Å². The zero-order chi connectivity index (χ0) is 17.4. The molecule has 0 saturated heterocycles. The molecule has 2 aliphatic rings. The normalized spacial score (nSPS) is 23.4. The third-order valence-electron chi connectivity index (χ3n) is 5.25. The van der Waals surface area contributed by atoms with Crippen LogP contribution < -0.4 is 10.9 Å². The number of pyridine rings is 1. The lowest BCUT2D eigenvalue weighted by atomic mass is 9.78. The Morgan fingerprint density at radius 3 is 3.04 bits per heavy atom. The number of carbonyl (C=O) groups is 1. The van der Waals surface area contributed by atoms with Crippen LogP contribution in [0.4, 0.5) is 5.82 Å². The van der Waals surface area contributed by atoms with E-state index in [1.165, 1.54) is 17.2 Å². The average Bonchev–Trinajstić information content (AvgIpc) is 3.34. The molecule has 6 heteroatoms. The summed E-state index contributed by atoms with van der Waals surface area (Å²) in [6.07, 6.45) is 4.14. The molecule has 1 fully saturated rings. The van der Waals surface area contributed by atoms with Gasteiger partial charge in [0.15, 0.2) is 0 Å². The van der Waals surface area contributed by atoms with Crippen LogP contribution in [0.3, 0.4) is 0 Å². The number of anilines is 1. The number of amides is 1. The summed E-state index contributed by atoms with van der Waals surface area (Å²) in [5.41, 5.74) is 8.57. The molecule has 5 nitrogen and oxygen atoms in total. The summed E-state index contributed by atoms with van der Waals surface area (Å²) in [6, 6.07) is 13.5. The van der Waals surface area contributed by atoms with E-state index in [0.29, 0.717) is 11.4 Å². The summed E-state index contributed by atoms with van der Waals surface area (Å²) >= 11 is 5.88. The van der Waals surface area contributed by atoms with E-state index in [4.69, 9.17) is 16.9 Å². The van der Waals surface area contributed by atoms with Crippen molar-refractivity contribution < 1.29 is 4.79 Å². The quantitative estimate of drug-likeness (QED) is 0.656. The fourth-order valence-corrected chi connectivity index (χ4v) is 4.22. The maximum atomic E-state index is 12.6. The van der Waals surface area contributed by atoms with E-state index in [2.05, 4.69) is 40.1 Å². The molecule has 1 spiro atoms. The molecule has 25 heavy (non-hydrogen) atoms. The van der Waals surface area contributed by atoms with E-state index in [1.807, 2.05) is 6.07 Å². The first-order valence-electron chi connectivity index (χ1n) is 8.34. The first-order chi connectivity index (χ1) is 12.1. The lowest BCUT2D eigenvalue weighted by Gasteiger charge is -2.26. The second-order valence-corrected chi connectivity index (χ2v) is 7.10. The number of nitriles is 1. The van der Waals surface area contributed by atoms with E-state index in [1.54, 1.807) is 6.07 Å². The van der Waals surface area contributed by atoms with Crippen LogP contribution in [0.1, 0.15) is 36.0 Å². The first kappa shape index (κ1) is 15.9. The number of benzene rings is 1. The number of hydrogen-bond acceptors (Lipinski definition) is 4. The smallest absolute Gasteiger partial charge is 0.242 e. The topological polar surface area (TPSA) is 77.8 Å². The van der Waals surface area contributed by atoms with Crippen molar-refractivity contribution in [2.75, 3.05) is 5.43 Å². The van der Waals surface area contributed by atoms with Crippen LogP contribution >= 0.6 is 11.6 Å². The van der Waals surface area contributed by atoms with Gasteiger partial charge in [-0.1, -0.05) is 35.9 Å². The van der Waals surface area contributed by atoms with Gasteiger partial charge in [0.1, 0.15) is 11.0 Å². The van der Waals surface area contributed by atoms with E-state index in [0.717, 1.165) is 25.7 Å². The average molecular weight is 353 g/mol. The highest BCUT2D eigenvalue weighted by atomic mass is 35.5. The third-order valence-corrected chi connectivity index (χ3v) is 5.45. The van der Waals surface area contributed by atoms with Crippen LogP contribution in [0.5, 0.6) is 0 Å². The second-order valence-electron chi connectivity index (χ2n) is 6.71. The molecule has 1 aromatic heterocycles. The molecule has 2 atom stereocenters. The van der Waals surface area contributed by atoms with Gasteiger partial charge in [-0.05, 0) is 42.9 Å². The predicted molar refractivity (Wildman–Crippen MR) is 94.9 cm³/mol. The largest absolute Gasteiger partial charge is 0.282 e. The van der Waals surface area contributed by atoms with Crippen molar-refractivity contribution in [3.8, 4) is 6.07 Å². The summed E-state index contributed by atoms with van der Waals surface area (Å²) in [4.78, 5) is 16.7. The number of fused-ring (bicyclic) bond motifs is 2. The summed E-state index contributed by atoms with van der Waals surface area (Å²) < 4.78 is 0. The minimum atomic E-state index is -0.0445. The van der Waals surface area contributed by atoms with Crippen molar-refractivity contribution in [2.24, 2.45) is 5.92 Å². The van der Waals surface area contributed by atoms with Crippen LogP contribution in [0.15, 0.2) is 36.4 Å². The fourth-order valence-electron chi connectivity index (χ4n) is 4.01. The van der Waals surface area contributed by atoms with Gasteiger partial charge < -0.3 is 0 Å². The molecular formula is C19H17ClN4O. The van der Waals surface area contributed by atoms with Gasteiger partial charge in [0.05, 0.1) is 17.6 Å².